The summed E-state index contributed by atoms with van der Waals surface area (Å²) in [4.78, 5) is 0. The van der Waals surface area contributed by atoms with E-state index in [2.05, 4.69) is 60.2 Å². The first-order valence-corrected chi connectivity index (χ1v) is 6.50. The molecule has 2 aromatic carbocycles. The maximum absolute atomic E-state index is 9.24. The van der Waals surface area contributed by atoms with Crippen molar-refractivity contribution >= 4 is 10.9 Å². The van der Waals surface area contributed by atoms with Crippen LogP contribution in [0.25, 0.3) is 10.9 Å². The van der Waals surface area contributed by atoms with Crippen molar-refractivity contribution in [3.63, 3.8) is 0 Å². The Kier molecular flexibility index (Phi) is 3.10. The Morgan fingerprint density at radius 2 is 1.68 bits per heavy atom. The molecule has 1 heterocycles. The number of nitrogens with zero attached hydrogens (tertiary/aromatic N) is 1. The Balaban J connectivity index is 1.98. The third kappa shape index (κ3) is 2.40. The second-order valence-electron chi connectivity index (χ2n) is 4.98. The van der Waals surface area contributed by atoms with Crippen LogP contribution in [0.3, 0.4) is 0 Å². The number of fused-ring (bicyclic) bond motifs is 1. The minimum atomic E-state index is 0.0889. The molecule has 3 aromatic rings. The number of aryl methyl sites for hydroxylation is 1. The average molecular weight is 251 g/mol. The van der Waals surface area contributed by atoms with Crippen LogP contribution in [0.2, 0.25) is 0 Å². The van der Waals surface area contributed by atoms with Crippen LogP contribution in [0.1, 0.15) is 16.7 Å². The third-order valence-electron chi connectivity index (χ3n) is 3.49. The number of aromatic nitrogens is 1. The van der Waals surface area contributed by atoms with Crippen LogP contribution in [0.4, 0.5) is 0 Å². The maximum atomic E-state index is 9.24. The molecule has 0 aliphatic carbocycles. The Labute approximate surface area is 112 Å². The zero-order valence-corrected chi connectivity index (χ0v) is 11.0. The smallest absolute Gasteiger partial charge is 0.0682 e. The summed E-state index contributed by atoms with van der Waals surface area (Å²) in [6, 6.07) is 16.8. The highest BCUT2D eigenvalue weighted by Gasteiger charge is 2.03. The van der Waals surface area contributed by atoms with Gasteiger partial charge in [-0.3, -0.25) is 0 Å². The predicted octanol–water partition coefficient (Wildman–Crippen LogP) is 3.49. The fraction of sp³-hybridized carbons (Fsp3) is 0.176. The van der Waals surface area contributed by atoms with Crippen molar-refractivity contribution in [2.24, 2.45) is 0 Å². The van der Waals surface area contributed by atoms with Gasteiger partial charge in [-0.2, -0.15) is 0 Å². The van der Waals surface area contributed by atoms with Crippen LogP contribution < -0.4 is 0 Å². The van der Waals surface area contributed by atoms with Crippen LogP contribution in [0.5, 0.6) is 0 Å². The molecular weight excluding hydrogens is 234 g/mol. The summed E-state index contributed by atoms with van der Waals surface area (Å²) >= 11 is 0. The lowest BCUT2D eigenvalue weighted by atomic mass is 10.1. The molecule has 0 spiro atoms. The summed E-state index contributed by atoms with van der Waals surface area (Å²) in [5, 5.41) is 10.4. The zero-order chi connectivity index (χ0) is 13.2. The molecule has 0 aliphatic rings. The zero-order valence-electron chi connectivity index (χ0n) is 11.0. The Morgan fingerprint density at radius 1 is 0.947 bits per heavy atom. The lowest BCUT2D eigenvalue weighted by Crippen LogP contribution is -1.98. The summed E-state index contributed by atoms with van der Waals surface area (Å²) in [6.45, 7) is 3.05. The van der Waals surface area contributed by atoms with E-state index in [9.17, 15) is 5.11 Å². The Hall–Kier alpha value is -2.06. The van der Waals surface area contributed by atoms with Gasteiger partial charge in [-0.15, -0.1) is 0 Å². The summed E-state index contributed by atoms with van der Waals surface area (Å²) in [5.41, 5.74) is 4.70. The number of hydrogen-bond acceptors (Lipinski definition) is 1. The van der Waals surface area contributed by atoms with Gasteiger partial charge in [0.2, 0.25) is 0 Å². The van der Waals surface area contributed by atoms with E-state index in [-0.39, 0.29) is 6.61 Å². The molecule has 96 valence electrons. The first-order valence-electron chi connectivity index (χ1n) is 6.50. The van der Waals surface area contributed by atoms with Crippen molar-refractivity contribution in [2.75, 3.05) is 0 Å². The van der Waals surface area contributed by atoms with Gasteiger partial charge in [0.15, 0.2) is 0 Å². The second-order valence-corrected chi connectivity index (χ2v) is 4.98. The Morgan fingerprint density at radius 3 is 2.42 bits per heavy atom. The fourth-order valence-electron chi connectivity index (χ4n) is 2.36. The largest absolute Gasteiger partial charge is 0.392 e. The highest BCUT2D eigenvalue weighted by atomic mass is 16.3. The first kappa shape index (κ1) is 12.0. The van der Waals surface area contributed by atoms with E-state index in [0.29, 0.717) is 0 Å². The molecule has 0 amide bonds. The van der Waals surface area contributed by atoms with Crippen molar-refractivity contribution in [2.45, 2.75) is 20.1 Å². The summed E-state index contributed by atoms with van der Waals surface area (Å²) in [5.74, 6) is 0. The van der Waals surface area contributed by atoms with Crippen LogP contribution in [-0.4, -0.2) is 9.67 Å². The highest BCUT2D eigenvalue weighted by Crippen LogP contribution is 2.19. The van der Waals surface area contributed by atoms with E-state index < -0.39 is 0 Å². The van der Waals surface area contributed by atoms with Gasteiger partial charge in [0, 0.05) is 18.3 Å². The molecule has 0 saturated carbocycles. The first-order chi connectivity index (χ1) is 9.26. The SMILES string of the molecule is Cc1ccc(Cn2ccc3ccc(CO)cc32)cc1. The topological polar surface area (TPSA) is 25.2 Å². The van der Waals surface area contributed by atoms with E-state index in [1.165, 1.54) is 22.0 Å². The van der Waals surface area contributed by atoms with Crippen molar-refractivity contribution in [1.29, 1.82) is 0 Å². The van der Waals surface area contributed by atoms with Crippen molar-refractivity contribution in [3.8, 4) is 0 Å². The van der Waals surface area contributed by atoms with E-state index in [4.69, 9.17) is 0 Å². The van der Waals surface area contributed by atoms with Gasteiger partial charge in [-0.25, -0.2) is 0 Å². The molecule has 0 atom stereocenters. The van der Waals surface area contributed by atoms with Gasteiger partial charge in [0.25, 0.3) is 0 Å². The van der Waals surface area contributed by atoms with E-state index in [0.717, 1.165) is 12.1 Å². The van der Waals surface area contributed by atoms with Gasteiger partial charge in [0.05, 0.1) is 6.61 Å². The monoisotopic (exact) mass is 251 g/mol. The lowest BCUT2D eigenvalue weighted by molar-refractivity contribution is 0.282. The highest BCUT2D eigenvalue weighted by molar-refractivity contribution is 5.80. The van der Waals surface area contributed by atoms with Crippen molar-refractivity contribution in [3.05, 3.63) is 71.4 Å². The summed E-state index contributed by atoms with van der Waals surface area (Å²) in [7, 11) is 0. The van der Waals surface area contributed by atoms with E-state index in [1.807, 2.05) is 6.07 Å². The lowest BCUT2D eigenvalue weighted by Gasteiger charge is -2.07. The van der Waals surface area contributed by atoms with Crippen molar-refractivity contribution in [1.82, 2.24) is 4.57 Å². The minimum absolute atomic E-state index is 0.0889. The van der Waals surface area contributed by atoms with Crippen LogP contribution in [0.15, 0.2) is 54.7 Å². The third-order valence-corrected chi connectivity index (χ3v) is 3.49. The number of aliphatic hydroxyl groups excluding tert-OH is 1. The van der Waals surface area contributed by atoms with Crippen molar-refractivity contribution < 1.29 is 5.11 Å². The molecule has 0 radical (unpaired) electrons. The molecule has 19 heavy (non-hydrogen) atoms. The van der Waals surface area contributed by atoms with Gasteiger partial charge >= 0.3 is 0 Å². The van der Waals surface area contributed by atoms with E-state index >= 15 is 0 Å². The Bertz CT molecular complexity index is 695. The minimum Gasteiger partial charge on any atom is -0.392 e. The number of benzene rings is 2. The standard InChI is InChI=1S/C17H17NO/c1-13-2-4-14(5-3-13)11-18-9-8-16-7-6-15(12-19)10-17(16)18/h2-10,19H,11-12H2,1H3. The summed E-state index contributed by atoms with van der Waals surface area (Å²) in [6.07, 6.45) is 2.10. The number of hydrogen-bond donors (Lipinski definition) is 1. The maximum Gasteiger partial charge on any atom is 0.0682 e. The molecule has 3 rings (SSSR count). The molecule has 2 nitrogen and oxygen atoms in total. The van der Waals surface area contributed by atoms with Gasteiger partial charge in [-0.05, 0) is 35.6 Å². The molecule has 0 fully saturated rings. The number of aliphatic hydroxyl groups is 1. The molecule has 0 bridgehead atoms. The van der Waals surface area contributed by atoms with Crippen LogP contribution >= 0.6 is 0 Å². The average Bonchev–Trinajstić information content (AvgIpc) is 2.84. The molecule has 1 N–H and O–H groups in total. The molecule has 0 unspecified atom stereocenters. The fourth-order valence-corrected chi connectivity index (χ4v) is 2.36. The molecule has 0 saturated heterocycles. The van der Waals surface area contributed by atoms with Crippen LogP contribution in [0, 0.1) is 6.92 Å². The van der Waals surface area contributed by atoms with Gasteiger partial charge < -0.3 is 9.67 Å². The molecule has 2 heteroatoms. The molecule has 0 aliphatic heterocycles. The molecular formula is C17H17NO. The summed E-state index contributed by atoms with van der Waals surface area (Å²) < 4.78 is 2.22. The van der Waals surface area contributed by atoms with E-state index in [1.54, 1.807) is 0 Å². The van der Waals surface area contributed by atoms with Crippen LogP contribution in [-0.2, 0) is 13.2 Å². The second kappa shape index (κ2) is 4.90. The molecule has 1 aromatic heterocycles. The number of rotatable bonds is 3. The normalized spacial score (nSPS) is 11.1. The predicted molar refractivity (Wildman–Crippen MR) is 78.1 cm³/mol. The van der Waals surface area contributed by atoms with Gasteiger partial charge in [0.1, 0.15) is 0 Å². The van der Waals surface area contributed by atoms with Gasteiger partial charge in [-0.1, -0.05) is 42.0 Å². The quantitative estimate of drug-likeness (QED) is 0.757.